The highest BCUT2D eigenvalue weighted by atomic mass is 35.5. The van der Waals surface area contributed by atoms with Crippen molar-refractivity contribution >= 4 is 56.2 Å². The molecule has 1 heterocycles. The van der Waals surface area contributed by atoms with Crippen LogP contribution in [0.15, 0.2) is 0 Å². The predicted octanol–water partition coefficient (Wildman–Crippen LogP) is 3.40. The Kier molecular flexibility index (Phi) is 10.1. The quantitative estimate of drug-likeness (QED) is 0.482. The molecule has 0 aliphatic carbocycles. The second-order valence-corrected chi connectivity index (χ2v) is 5.32. The van der Waals surface area contributed by atoms with Gasteiger partial charge in [0.2, 0.25) is 0 Å². The van der Waals surface area contributed by atoms with E-state index in [4.69, 9.17) is 48.5 Å². The molecule has 0 unspecified atom stereocenters. The molecule has 1 rings (SSSR count). The number of alkyl halides is 3. The topological polar surface area (TPSA) is 27.7 Å². The molecular weight excluding hydrogens is 295 g/mol. The molecule has 1 aliphatic heterocycles. The Balaban J connectivity index is 2.38. The molecule has 0 N–H and O–H groups in total. The molecule has 0 spiro atoms. The van der Waals surface area contributed by atoms with E-state index in [9.17, 15) is 0 Å². The van der Waals surface area contributed by atoms with E-state index in [2.05, 4.69) is 0 Å². The summed E-state index contributed by atoms with van der Waals surface area (Å²) in [5.74, 6) is 1.84. The minimum atomic E-state index is -0.224. The predicted molar refractivity (Wildman–Crippen MR) is 80.9 cm³/mol. The van der Waals surface area contributed by atoms with E-state index in [1.165, 1.54) is 0 Å². The van der Waals surface area contributed by atoms with Gasteiger partial charge in [-0.05, 0) is 38.2 Å². The van der Waals surface area contributed by atoms with Gasteiger partial charge in [0.25, 0.3) is 0 Å². The lowest BCUT2D eigenvalue weighted by Gasteiger charge is -2.31. The Morgan fingerprint density at radius 3 is 1.06 bits per heavy atom. The van der Waals surface area contributed by atoms with E-state index in [0.29, 0.717) is 17.6 Å². The van der Waals surface area contributed by atoms with Gasteiger partial charge >= 0.3 is 21.4 Å². The van der Waals surface area contributed by atoms with Crippen LogP contribution in [0.3, 0.4) is 0 Å². The van der Waals surface area contributed by atoms with Crippen molar-refractivity contribution in [3.63, 3.8) is 0 Å². The van der Waals surface area contributed by atoms with Crippen molar-refractivity contribution < 1.29 is 13.7 Å². The van der Waals surface area contributed by atoms with Crippen molar-refractivity contribution in [3.05, 3.63) is 0 Å². The zero-order valence-electron chi connectivity index (χ0n) is 10.5. The van der Waals surface area contributed by atoms with Crippen molar-refractivity contribution in [2.45, 2.75) is 38.2 Å². The highest BCUT2D eigenvalue weighted by Crippen LogP contribution is 2.19. The Bertz CT molecular complexity index is 177. The Hall–Kier alpha value is 0.945. The summed E-state index contributed by atoms with van der Waals surface area (Å²) < 4.78 is 17.1. The van der Waals surface area contributed by atoms with Crippen molar-refractivity contribution in [1.29, 1.82) is 0 Å². The summed E-state index contributed by atoms with van der Waals surface area (Å²) in [4.78, 5) is 0. The van der Waals surface area contributed by atoms with Crippen LogP contribution >= 0.6 is 34.8 Å². The highest BCUT2D eigenvalue weighted by Gasteiger charge is 2.39. The third-order valence-corrected chi connectivity index (χ3v) is 3.43. The van der Waals surface area contributed by atoms with Crippen LogP contribution in [0.5, 0.6) is 0 Å². The number of rotatable bonds is 9. The Morgan fingerprint density at radius 1 is 0.556 bits per heavy atom. The summed E-state index contributed by atoms with van der Waals surface area (Å²) in [6.07, 6.45) is 4.99. The fraction of sp³-hybridized carbons (Fsp3) is 1.00. The van der Waals surface area contributed by atoms with Crippen LogP contribution in [0.2, 0.25) is 19.0 Å². The first kappa shape index (κ1) is 17.0. The fourth-order valence-corrected chi connectivity index (χ4v) is 2.21. The van der Waals surface area contributed by atoms with E-state index in [0.717, 1.165) is 38.2 Å². The molecule has 3 nitrogen and oxygen atoms in total. The van der Waals surface area contributed by atoms with E-state index in [-0.39, 0.29) is 21.4 Å². The number of hydrogen-bond donors (Lipinski definition) is 0. The molecular formula is C9H18B3Cl3O3. The fourth-order valence-electron chi connectivity index (χ4n) is 1.74. The maximum absolute atomic E-state index is 5.71. The van der Waals surface area contributed by atoms with E-state index >= 15 is 0 Å². The molecule has 0 aromatic carbocycles. The zero-order valence-corrected chi connectivity index (χ0v) is 12.7. The van der Waals surface area contributed by atoms with Gasteiger partial charge in [0.15, 0.2) is 0 Å². The zero-order chi connectivity index (χ0) is 13.2. The van der Waals surface area contributed by atoms with Crippen LogP contribution in [-0.2, 0) is 13.7 Å². The molecule has 0 aromatic rings. The van der Waals surface area contributed by atoms with Gasteiger partial charge in [-0.15, -0.1) is 34.8 Å². The van der Waals surface area contributed by atoms with E-state index in [1.54, 1.807) is 0 Å². The van der Waals surface area contributed by atoms with Crippen molar-refractivity contribution in [1.82, 2.24) is 0 Å². The van der Waals surface area contributed by atoms with Crippen LogP contribution in [-0.4, -0.2) is 39.0 Å². The molecule has 1 fully saturated rings. The highest BCUT2D eigenvalue weighted by molar-refractivity contribution is 6.73. The average Bonchev–Trinajstić information content (AvgIpc) is 2.40. The maximum Gasteiger partial charge on any atom is 0.429 e. The van der Waals surface area contributed by atoms with E-state index in [1.807, 2.05) is 0 Å². The van der Waals surface area contributed by atoms with Gasteiger partial charge in [0.05, 0.1) is 0 Å². The molecule has 1 saturated heterocycles. The van der Waals surface area contributed by atoms with Gasteiger partial charge in [-0.2, -0.15) is 0 Å². The first-order valence-corrected chi connectivity index (χ1v) is 8.04. The standard InChI is InChI=1S/C9H18B3Cl3O3/c13-7-1-4-10-16-11(5-2-8-14)18-12(17-10)6-3-9-15/h1-9H2. The van der Waals surface area contributed by atoms with Gasteiger partial charge in [-0.25, -0.2) is 0 Å². The van der Waals surface area contributed by atoms with Gasteiger partial charge in [-0.3, -0.25) is 0 Å². The van der Waals surface area contributed by atoms with Crippen LogP contribution in [0, 0.1) is 0 Å². The summed E-state index contributed by atoms with van der Waals surface area (Å²) in [6.45, 7) is 0. The molecule has 9 heteroatoms. The van der Waals surface area contributed by atoms with Crippen molar-refractivity contribution in [2.75, 3.05) is 17.6 Å². The second-order valence-electron chi connectivity index (χ2n) is 4.19. The van der Waals surface area contributed by atoms with Gasteiger partial charge in [-0.1, -0.05) is 0 Å². The van der Waals surface area contributed by atoms with Gasteiger partial charge in [0, 0.05) is 17.6 Å². The normalized spacial score (nSPS) is 16.5. The summed E-state index contributed by atoms with van der Waals surface area (Å²) in [7, 11) is -0.672. The molecule has 1 aliphatic rings. The number of halogens is 3. The summed E-state index contributed by atoms with van der Waals surface area (Å²) in [6, 6.07) is 0. The number of hydrogen-bond acceptors (Lipinski definition) is 3. The minimum Gasteiger partial charge on any atom is -0.453 e. The molecule has 18 heavy (non-hydrogen) atoms. The SMILES string of the molecule is ClCCCB1OB(CCCCl)OB(CCCCl)O1. The van der Waals surface area contributed by atoms with Crippen molar-refractivity contribution in [2.24, 2.45) is 0 Å². The van der Waals surface area contributed by atoms with E-state index < -0.39 is 0 Å². The molecule has 0 amide bonds. The lowest BCUT2D eigenvalue weighted by atomic mass is 9.64. The first-order chi connectivity index (χ1) is 8.80. The molecule has 0 radical (unpaired) electrons. The third-order valence-electron chi connectivity index (χ3n) is 2.63. The largest absolute Gasteiger partial charge is 0.453 e. The minimum absolute atomic E-state index is 0.224. The smallest absolute Gasteiger partial charge is 0.429 e. The monoisotopic (exact) mass is 312 g/mol. The summed E-state index contributed by atoms with van der Waals surface area (Å²) in [5.41, 5.74) is 0. The van der Waals surface area contributed by atoms with Gasteiger partial charge < -0.3 is 13.7 Å². The molecule has 102 valence electrons. The Morgan fingerprint density at radius 2 is 0.833 bits per heavy atom. The van der Waals surface area contributed by atoms with Crippen molar-refractivity contribution in [3.8, 4) is 0 Å². The second kappa shape index (κ2) is 10.7. The lowest BCUT2D eigenvalue weighted by molar-refractivity contribution is 0.277. The lowest BCUT2D eigenvalue weighted by Crippen LogP contribution is -2.48. The summed E-state index contributed by atoms with van der Waals surface area (Å²) in [5, 5.41) is 0. The molecule has 0 aromatic heterocycles. The first-order valence-electron chi connectivity index (χ1n) is 6.44. The van der Waals surface area contributed by atoms with Gasteiger partial charge in [0.1, 0.15) is 0 Å². The molecule has 0 saturated carbocycles. The van der Waals surface area contributed by atoms with Crippen LogP contribution in [0.1, 0.15) is 19.3 Å². The Labute approximate surface area is 126 Å². The van der Waals surface area contributed by atoms with Crippen LogP contribution in [0.25, 0.3) is 0 Å². The van der Waals surface area contributed by atoms with Crippen LogP contribution in [0.4, 0.5) is 0 Å². The molecule has 0 atom stereocenters. The maximum atomic E-state index is 5.71. The summed E-state index contributed by atoms with van der Waals surface area (Å²) >= 11 is 17.1. The van der Waals surface area contributed by atoms with Crippen LogP contribution < -0.4 is 0 Å². The molecule has 0 bridgehead atoms. The third kappa shape index (κ3) is 6.92. The average molecular weight is 313 g/mol.